The molecule has 0 aliphatic carbocycles. The van der Waals surface area contributed by atoms with Crippen LogP contribution in [0.2, 0.25) is 0 Å². The van der Waals surface area contributed by atoms with Crippen molar-refractivity contribution in [2.75, 3.05) is 32.8 Å². The van der Waals surface area contributed by atoms with E-state index in [-0.39, 0.29) is 25.3 Å². The Morgan fingerprint density at radius 1 is 1.29 bits per heavy atom. The number of nitrogens with one attached hydrogen (secondary N) is 2. The maximum absolute atomic E-state index is 12.2. The lowest BCUT2D eigenvalue weighted by molar-refractivity contribution is -0.148. The molecular weight excluding hydrogens is 274 g/mol. The molecule has 0 aromatic heterocycles. The van der Waals surface area contributed by atoms with Crippen LogP contribution in [0.3, 0.4) is 0 Å². The number of ether oxygens (including phenoxy) is 1. The van der Waals surface area contributed by atoms with Crippen LogP contribution in [0.4, 0.5) is 4.79 Å². The Bertz CT molecular complexity index is 436. The van der Waals surface area contributed by atoms with Gasteiger partial charge in [0.1, 0.15) is 5.41 Å². The van der Waals surface area contributed by atoms with Crippen molar-refractivity contribution in [2.24, 2.45) is 11.3 Å². The third-order valence-corrected chi connectivity index (χ3v) is 5.22. The minimum atomic E-state index is -1.05. The largest absolute Gasteiger partial charge is 0.481 e. The molecule has 3 atom stereocenters. The van der Waals surface area contributed by atoms with Crippen molar-refractivity contribution in [3.63, 3.8) is 0 Å². The number of nitrogens with zero attached hydrogens (tertiary/aromatic N) is 1. The van der Waals surface area contributed by atoms with Gasteiger partial charge in [-0.25, -0.2) is 4.79 Å². The molecular formula is C14H23N3O4. The zero-order chi connectivity index (χ0) is 15.0. The minimum absolute atomic E-state index is 0.132. The van der Waals surface area contributed by atoms with E-state index in [1.54, 1.807) is 6.92 Å². The fourth-order valence-corrected chi connectivity index (χ4v) is 3.58. The summed E-state index contributed by atoms with van der Waals surface area (Å²) in [5.41, 5.74) is -1.05. The molecule has 0 aromatic carbocycles. The van der Waals surface area contributed by atoms with Crippen LogP contribution >= 0.6 is 0 Å². The van der Waals surface area contributed by atoms with Crippen molar-refractivity contribution < 1.29 is 19.4 Å². The summed E-state index contributed by atoms with van der Waals surface area (Å²) in [7, 11) is 0. The van der Waals surface area contributed by atoms with Crippen LogP contribution in [-0.4, -0.2) is 66.9 Å². The zero-order valence-corrected chi connectivity index (χ0v) is 12.3. The number of carbonyl (C=O) groups is 2. The van der Waals surface area contributed by atoms with Gasteiger partial charge < -0.3 is 25.4 Å². The molecule has 4 aliphatic heterocycles. The van der Waals surface area contributed by atoms with Crippen LogP contribution in [0, 0.1) is 11.3 Å². The van der Waals surface area contributed by atoms with Crippen molar-refractivity contribution in [2.45, 2.75) is 31.8 Å². The molecule has 3 unspecified atom stereocenters. The van der Waals surface area contributed by atoms with E-state index in [2.05, 4.69) is 15.5 Å². The molecule has 4 aliphatic rings. The summed E-state index contributed by atoms with van der Waals surface area (Å²) in [4.78, 5) is 25.9. The molecule has 7 heteroatoms. The smallest absolute Gasteiger partial charge is 0.315 e. The SMILES string of the molecule is CC1(C(=O)O)COCC1NC(=O)NC1CN2CCC1CC2. The van der Waals surface area contributed by atoms with Crippen LogP contribution in [0.5, 0.6) is 0 Å². The number of hydrogen-bond donors (Lipinski definition) is 3. The van der Waals surface area contributed by atoms with Crippen LogP contribution in [0.25, 0.3) is 0 Å². The Labute approximate surface area is 124 Å². The number of hydrogen-bond acceptors (Lipinski definition) is 4. The number of carbonyl (C=O) groups excluding carboxylic acids is 1. The van der Waals surface area contributed by atoms with Crippen molar-refractivity contribution in [3.8, 4) is 0 Å². The van der Waals surface area contributed by atoms with Gasteiger partial charge in [-0.2, -0.15) is 0 Å². The third-order valence-electron chi connectivity index (χ3n) is 5.22. The fraction of sp³-hybridized carbons (Fsp3) is 0.857. The quantitative estimate of drug-likeness (QED) is 0.675. The van der Waals surface area contributed by atoms with Crippen molar-refractivity contribution >= 4 is 12.0 Å². The second-order valence-corrected chi connectivity index (χ2v) is 6.65. The third kappa shape index (κ3) is 2.72. The summed E-state index contributed by atoms with van der Waals surface area (Å²) < 4.78 is 5.24. The second-order valence-electron chi connectivity index (χ2n) is 6.65. The van der Waals surface area contributed by atoms with E-state index in [1.807, 2.05) is 0 Å². The summed E-state index contributed by atoms with van der Waals surface area (Å²) in [5, 5.41) is 15.1. The molecule has 0 saturated carbocycles. The van der Waals surface area contributed by atoms with Crippen LogP contribution in [-0.2, 0) is 9.53 Å². The molecule has 4 fully saturated rings. The first-order valence-corrected chi connectivity index (χ1v) is 7.59. The van der Waals surface area contributed by atoms with Crippen LogP contribution in [0.1, 0.15) is 19.8 Å². The number of piperidine rings is 3. The summed E-state index contributed by atoms with van der Waals surface area (Å²) in [5.74, 6) is -0.389. The van der Waals surface area contributed by atoms with Crippen molar-refractivity contribution in [3.05, 3.63) is 0 Å². The monoisotopic (exact) mass is 297 g/mol. The van der Waals surface area contributed by atoms with Crippen LogP contribution in [0.15, 0.2) is 0 Å². The summed E-state index contributed by atoms with van der Waals surface area (Å²) in [6.07, 6.45) is 2.26. The Hall–Kier alpha value is -1.34. The summed E-state index contributed by atoms with van der Waals surface area (Å²) in [6.45, 7) is 5.14. The molecule has 4 heterocycles. The highest BCUT2D eigenvalue weighted by Gasteiger charge is 2.47. The highest BCUT2D eigenvalue weighted by molar-refractivity contribution is 5.79. The number of carboxylic acids is 1. The second kappa shape index (κ2) is 5.46. The molecule has 4 saturated heterocycles. The maximum Gasteiger partial charge on any atom is 0.315 e. The lowest BCUT2D eigenvalue weighted by Crippen LogP contribution is -2.60. The van der Waals surface area contributed by atoms with Gasteiger partial charge >= 0.3 is 12.0 Å². The minimum Gasteiger partial charge on any atom is -0.481 e. The molecule has 4 rings (SSSR count). The average molecular weight is 297 g/mol. The Kier molecular flexibility index (Phi) is 3.79. The standard InChI is InChI=1S/C14H23N3O4/c1-14(12(18)19)8-21-7-11(14)16-13(20)15-10-6-17-4-2-9(10)3-5-17/h9-11H,2-8H2,1H3,(H,18,19)(H2,15,16,20). The number of fused-ring (bicyclic) bond motifs is 3. The van der Waals surface area contributed by atoms with Crippen molar-refractivity contribution in [1.82, 2.24) is 15.5 Å². The first-order chi connectivity index (χ1) is 9.99. The van der Waals surface area contributed by atoms with E-state index in [0.29, 0.717) is 5.92 Å². The van der Waals surface area contributed by atoms with E-state index in [4.69, 9.17) is 4.74 Å². The fourth-order valence-electron chi connectivity index (χ4n) is 3.58. The molecule has 2 bridgehead atoms. The number of urea groups is 1. The summed E-state index contributed by atoms with van der Waals surface area (Å²) >= 11 is 0. The topological polar surface area (TPSA) is 90.9 Å². The first kappa shape index (κ1) is 14.6. The van der Waals surface area contributed by atoms with Gasteiger partial charge in [0, 0.05) is 12.6 Å². The van der Waals surface area contributed by atoms with Gasteiger partial charge in [-0.1, -0.05) is 0 Å². The van der Waals surface area contributed by atoms with Gasteiger partial charge in [-0.05, 0) is 38.8 Å². The Morgan fingerprint density at radius 2 is 2.00 bits per heavy atom. The lowest BCUT2D eigenvalue weighted by Gasteiger charge is -2.45. The average Bonchev–Trinajstić information content (AvgIpc) is 2.83. The molecule has 3 N–H and O–H groups in total. The molecule has 2 amide bonds. The van der Waals surface area contributed by atoms with Gasteiger partial charge in [-0.3, -0.25) is 4.79 Å². The van der Waals surface area contributed by atoms with Crippen LogP contribution < -0.4 is 10.6 Å². The van der Waals surface area contributed by atoms with Gasteiger partial charge in [0.25, 0.3) is 0 Å². The first-order valence-electron chi connectivity index (χ1n) is 7.59. The molecule has 0 spiro atoms. The number of aliphatic carboxylic acids is 1. The highest BCUT2D eigenvalue weighted by Crippen LogP contribution is 2.29. The number of rotatable bonds is 3. The Balaban J connectivity index is 1.56. The lowest BCUT2D eigenvalue weighted by atomic mass is 9.84. The molecule has 21 heavy (non-hydrogen) atoms. The molecule has 0 radical (unpaired) electrons. The predicted molar refractivity (Wildman–Crippen MR) is 75.0 cm³/mol. The van der Waals surface area contributed by atoms with Gasteiger partial charge in [-0.15, -0.1) is 0 Å². The van der Waals surface area contributed by atoms with E-state index in [1.165, 1.54) is 0 Å². The van der Waals surface area contributed by atoms with E-state index in [9.17, 15) is 14.7 Å². The summed E-state index contributed by atoms with van der Waals surface area (Å²) in [6, 6.07) is -0.598. The van der Waals surface area contributed by atoms with Gasteiger partial charge in [0.05, 0.1) is 19.3 Å². The zero-order valence-electron chi connectivity index (χ0n) is 12.3. The Morgan fingerprint density at radius 3 is 2.57 bits per heavy atom. The van der Waals surface area contributed by atoms with Crippen molar-refractivity contribution in [1.29, 1.82) is 0 Å². The normalized spacial score (nSPS) is 41.8. The number of carboxylic acid groups (broad SMARTS) is 1. The predicted octanol–water partition coefficient (Wildman–Crippen LogP) is -0.130. The molecule has 7 nitrogen and oxygen atoms in total. The highest BCUT2D eigenvalue weighted by atomic mass is 16.5. The van der Waals surface area contributed by atoms with Gasteiger partial charge in [0.15, 0.2) is 0 Å². The molecule has 118 valence electrons. The molecule has 0 aromatic rings. The van der Waals surface area contributed by atoms with E-state index in [0.717, 1.165) is 32.5 Å². The van der Waals surface area contributed by atoms with E-state index < -0.39 is 17.4 Å². The number of amides is 2. The van der Waals surface area contributed by atoms with E-state index >= 15 is 0 Å². The van der Waals surface area contributed by atoms with Gasteiger partial charge in [0.2, 0.25) is 0 Å². The maximum atomic E-state index is 12.2.